The second kappa shape index (κ2) is 6.04. The number of hydrogen-bond donors (Lipinski definition) is 1. The van der Waals surface area contributed by atoms with Gasteiger partial charge in [-0.3, -0.25) is 4.79 Å². The van der Waals surface area contributed by atoms with Crippen LogP contribution in [0, 0.1) is 3.57 Å². The molecule has 0 radical (unpaired) electrons. The van der Waals surface area contributed by atoms with E-state index < -0.39 is 0 Å². The molecule has 0 atom stereocenters. The molecule has 2 aromatic carbocycles. The Balaban J connectivity index is 2.21. The Morgan fingerprint density at radius 2 is 2.00 bits per heavy atom. The van der Waals surface area contributed by atoms with Crippen molar-refractivity contribution in [2.45, 2.75) is 0 Å². The molecule has 0 heterocycles. The highest BCUT2D eigenvalue weighted by atomic mass is 127. The van der Waals surface area contributed by atoms with E-state index in [9.17, 15) is 4.79 Å². The Kier molecular flexibility index (Phi) is 4.64. The molecule has 2 nitrogen and oxygen atoms in total. The van der Waals surface area contributed by atoms with Crippen LogP contribution in [-0.2, 0) is 0 Å². The van der Waals surface area contributed by atoms with Crippen LogP contribution >= 0.6 is 50.1 Å². The average Bonchev–Trinajstić information content (AvgIpc) is 2.32. The fourth-order valence-corrected chi connectivity index (χ4v) is 2.68. The molecule has 0 aliphatic carbocycles. The predicted octanol–water partition coefficient (Wildman–Crippen LogP) is 4.96. The summed E-state index contributed by atoms with van der Waals surface area (Å²) >= 11 is 11.5. The zero-order chi connectivity index (χ0) is 13.1. The maximum atomic E-state index is 12.0. The van der Waals surface area contributed by atoms with E-state index in [1.165, 1.54) is 0 Å². The number of carbonyl (C=O) groups excluding carboxylic acids is 1. The van der Waals surface area contributed by atoms with Crippen molar-refractivity contribution in [2.24, 2.45) is 0 Å². The predicted molar refractivity (Wildman–Crippen MR) is 86.3 cm³/mol. The summed E-state index contributed by atoms with van der Waals surface area (Å²) in [6.45, 7) is 0. The summed E-state index contributed by atoms with van der Waals surface area (Å²) < 4.78 is 1.89. The van der Waals surface area contributed by atoms with Crippen LogP contribution in [0.5, 0.6) is 0 Å². The molecule has 0 saturated heterocycles. The first-order valence-corrected chi connectivity index (χ1v) is 7.33. The van der Waals surface area contributed by atoms with Crippen LogP contribution in [0.25, 0.3) is 0 Å². The highest BCUT2D eigenvalue weighted by Gasteiger charge is 2.08. The number of amides is 1. The largest absolute Gasteiger partial charge is 0.321 e. The minimum Gasteiger partial charge on any atom is -0.321 e. The Bertz CT molecular complexity index is 603. The van der Waals surface area contributed by atoms with Crippen molar-refractivity contribution in [3.8, 4) is 0 Å². The molecule has 18 heavy (non-hydrogen) atoms. The summed E-state index contributed by atoms with van der Waals surface area (Å²) in [5.41, 5.74) is 1.21. The molecule has 0 bridgehead atoms. The molecule has 0 aliphatic heterocycles. The fourth-order valence-electron chi connectivity index (χ4n) is 1.42. The van der Waals surface area contributed by atoms with Gasteiger partial charge in [-0.05, 0) is 59.0 Å². The Morgan fingerprint density at radius 3 is 2.67 bits per heavy atom. The lowest BCUT2D eigenvalue weighted by atomic mass is 10.2. The summed E-state index contributed by atoms with van der Waals surface area (Å²) in [6, 6.07) is 12.7. The Hall–Kier alpha value is -0.590. The van der Waals surface area contributed by atoms with Gasteiger partial charge in [0.2, 0.25) is 0 Å². The molecule has 0 spiro atoms. The molecule has 0 aromatic heterocycles. The molecular weight excluding hydrogens is 428 g/mol. The molecule has 1 amide bonds. The summed E-state index contributed by atoms with van der Waals surface area (Å²) in [5.74, 6) is -0.169. The van der Waals surface area contributed by atoms with Crippen LogP contribution in [0.1, 0.15) is 10.4 Å². The van der Waals surface area contributed by atoms with Gasteiger partial charge in [0.15, 0.2) is 0 Å². The van der Waals surface area contributed by atoms with Crippen molar-refractivity contribution in [3.63, 3.8) is 0 Å². The van der Waals surface area contributed by atoms with Gasteiger partial charge in [-0.2, -0.15) is 0 Å². The van der Waals surface area contributed by atoms with Gasteiger partial charge < -0.3 is 5.32 Å². The molecule has 0 unspecified atom stereocenters. The highest BCUT2D eigenvalue weighted by Crippen LogP contribution is 2.26. The number of hydrogen-bond acceptors (Lipinski definition) is 1. The third-order valence-electron chi connectivity index (χ3n) is 2.27. The zero-order valence-electron chi connectivity index (χ0n) is 9.08. The number of halogens is 3. The first-order valence-electron chi connectivity index (χ1n) is 5.08. The maximum absolute atomic E-state index is 12.0. The third-order valence-corrected chi connectivity index (χ3v) is 3.74. The van der Waals surface area contributed by atoms with Gasteiger partial charge in [0.05, 0.1) is 10.7 Å². The van der Waals surface area contributed by atoms with E-state index in [2.05, 4.69) is 43.8 Å². The molecular formula is C13H8BrClINO. The van der Waals surface area contributed by atoms with E-state index in [-0.39, 0.29) is 5.91 Å². The second-order valence-electron chi connectivity index (χ2n) is 3.59. The van der Waals surface area contributed by atoms with Gasteiger partial charge in [0.1, 0.15) is 0 Å². The number of benzene rings is 2. The molecule has 0 aliphatic rings. The van der Waals surface area contributed by atoms with Crippen LogP contribution in [0.15, 0.2) is 46.9 Å². The summed E-state index contributed by atoms with van der Waals surface area (Å²) in [6.07, 6.45) is 0. The lowest BCUT2D eigenvalue weighted by molar-refractivity contribution is 0.102. The summed E-state index contributed by atoms with van der Waals surface area (Å²) in [5, 5.41) is 3.29. The lowest BCUT2D eigenvalue weighted by Crippen LogP contribution is -2.12. The van der Waals surface area contributed by atoms with E-state index in [1.807, 2.05) is 24.3 Å². The smallest absolute Gasteiger partial charge is 0.255 e. The van der Waals surface area contributed by atoms with Crippen molar-refractivity contribution in [1.82, 2.24) is 0 Å². The van der Waals surface area contributed by atoms with Crippen molar-refractivity contribution < 1.29 is 4.79 Å². The third kappa shape index (κ3) is 3.46. The number of rotatable bonds is 2. The van der Waals surface area contributed by atoms with Gasteiger partial charge in [-0.15, -0.1) is 0 Å². The SMILES string of the molecule is O=C(Nc1ccc(Br)cc1Cl)c1cccc(I)c1. The van der Waals surface area contributed by atoms with Crippen molar-refractivity contribution >= 4 is 61.7 Å². The van der Waals surface area contributed by atoms with Crippen molar-refractivity contribution in [2.75, 3.05) is 5.32 Å². The maximum Gasteiger partial charge on any atom is 0.255 e. The lowest BCUT2D eigenvalue weighted by Gasteiger charge is -2.07. The van der Waals surface area contributed by atoms with E-state index in [1.54, 1.807) is 18.2 Å². The normalized spacial score (nSPS) is 10.2. The van der Waals surface area contributed by atoms with Crippen molar-refractivity contribution in [1.29, 1.82) is 0 Å². The first-order chi connectivity index (χ1) is 8.56. The molecule has 1 N–H and O–H groups in total. The van der Waals surface area contributed by atoms with Crippen LogP contribution in [0.2, 0.25) is 5.02 Å². The summed E-state index contributed by atoms with van der Waals surface area (Å²) in [7, 11) is 0. The van der Waals surface area contributed by atoms with E-state index in [4.69, 9.17) is 11.6 Å². The van der Waals surface area contributed by atoms with Gasteiger partial charge in [-0.25, -0.2) is 0 Å². The summed E-state index contributed by atoms with van der Waals surface area (Å²) in [4.78, 5) is 12.0. The van der Waals surface area contributed by atoms with Gasteiger partial charge in [-0.1, -0.05) is 33.6 Å². The van der Waals surface area contributed by atoms with Gasteiger partial charge >= 0.3 is 0 Å². The number of carbonyl (C=O) groups is 1. The zero-order valence-corrected chi connectivity index (χ0v) is 13.6. The van der Waals surface area contributed by atoms with Crippen LogP contribution in [-0.4, -0.2) is 5.91 Å². The minimum absolute atomic E-state index is 0.169. The molecule has 0 saturated carbocycles. The molecule has 2 aromatic rings. The molecule has 0 fully saturated rings. The Labute approximate surface area is 132 Å². The van der Waals surface area contributed by atoms with Crippen molar-refractivity contribution in [3.05, 3.63) is 61.1 Å². The quantitative estimate of drug-likeness (QED) is 0.663. The topological polar surface area (TPSA) is 29.1 Å². The molecule has 92 valence electrons. The molecule has 2 rings (SSSR count). The molecule has 5 heteroatoms. The number of anilines is 1. The van der Waals surface area contributed by atoms with Gasteiger partial charge in [0, 0.05) is 13.6 Å². The fraction of sp³-hybridized carbons (Fsp3) is 0. The Morgan fingerprint density at radius 1 is 1.22 bits per heavy atom. The van der Waals surface area contributed by atoms with Crippen LogP contribution in [0.4, 0.5) is 5.69 Å². The highest BCUT2D eigenvalue weighted by molar-refractivity contribution is 14.1. The van der Waals surface area contributed by atoms with Gasteiger partial charge in [0.25, 0.3) is 5.91 Å². The average molecular weight is 436 g/mol. The monoisotopic (exact) mass is 435 g/mol. The van der Waals surface area contributed by atoms with E-state index in [0.717, 1.165) is 8.04 Å². The van der Waals surface area contributed by atoms with Crippen LogP contribution in [0.3, 0.4) is 0 Å². The first kappa shape index (κ1) is 13.8. The van der Waals surface area contributed by atoms with E-state index >= 15 is 0 Å². The standard InChI is InChI=1S/C13H8BrClINO/c14-9-4-5-12(11(15)7-9)17-13(18)8-2-1-3-10(16)6-8/h1-7H,(H,17,18). The second-order valence-corrected chi connectivity index (χ2v) is 6.16. The minimum atomic E-state index is -0.169. The van der Waals surface area contributed by atoms with E-state index in [0.29, 0.717) is 16.3 Å². The number of nitrogens with one attached hydrogen (secondary N) is 1. The van der Waals surface area contributed by atoms with Crippen LogP contribution < -0.4 is 5.32 Å².